The number of β-amino-alcohol motifs (C(OH)–C–C–N with tert-alkyl or cyclic N) is 1. The van der Waals surface area contributed by atoms with Crippen molar-refractivity contribution >= 4 is 10.8 Å². The topological polar surface area (TPSA) is 35.9 Å². The second-order valence-corrected chi connectivity index (χ2v) is 7.29. The molecule has 2 aliphatic heterocycles. The maximum atomic E-state index is 10.6. The quantitative estimate of drug-likeness (QED) is 0.908. The average Bonchev–Trinajstić information content (AvgIpc) is 3.09. The van der Waals surface area contributed by atoms with Gasteiger partial charge in [0.1, 0.15) is 0 Å². The van der Waals surface area contributed by atoms with Crippen LogP contribution in [-0.2, 0) is 4.74 Å². The van der Waals surface area contributed by atoms with Crippen LogP contribution in [0.15, 0.2) is 42.5 Å². The number of nitrogens with zero attached hydrogens (tertiary/aromatic N) is 2. The van der Waals surface area contributed by atoms with Crippen molar-refractivity contribution in [2.75, 3.05) is 45.9 Å². The molecule has 4 heteroatoms. The third-order valence-corrected chi connectivity index (χ3v) is 5.56. The number of morpholine rings is 1. The van der Waals surface area contributed by atoms with Crippen LogP contribution in [0.5, 0.6) is 0 Å². The lowest BCUT2D eigenvalue weighted by molar-refractivity contribution is 0.00589. The third-order valence-electron chi connectivity index (χ3n) is 5.56. The van der Waals surface area contributed by atoms with Gasteiger partial charge in [-0.25, -0.2) is 0 Å². The average molecular weight is 340 g/mol. The normalized spacial score (nSPS) is 24.0. The molecule has 2 fully saturated rings. The zero-order valence-electron chi connectivity index (χ0n) is 14.8. The minimum absolute atomic E-state index is 0.298. The van der Waals surface area contributed by atoms with Gasteiger partial charge in [0, 0.05) is 32.2 Å². The Bertz CT molecular complexity index is 694. The van der Waals surface area contributed by atoms with E-state index in [1.165, 1.54) is 29.2 Å². The lowest BCUT2D eigenvalue weighted by Crippen LogP contribution is -2.44. The zero-order valence-corrected chi connectivity index (χ0v) is 14.8. The van der Waals surface area contributed by atoms with Gasteiger partial charge in [-0.05, 0) is 35.7 Å². The number of fused-ring (bicyclic) bond motifs is 1. The van der Waals surface area contributed by atoms with Crippen molar-refractivity contribution in [3.63, 3.8) is 0 Å². The summed E-state index contributed by atoms with van der Waals surface area (Å²) in [5.41, 5.74) is 1.41. The summed E-state index contributed by atoms with van der Waals surface area (Å²) in [6.07, 6.45) is 2.09. The first-order valence-electron chi connectivity index (χ1n) is 9.51. The molecule has 2 aromatic carbocycles. The molecule has 2 atom stereocenters. The van der Waals surface area contributed by atoms with Gasteiger partial charge in [0.2, 0.25) is 0 Å². The number of benzene rings is 2. The number of hydrogen-bond acceptors (Lipinski definition) is 4. The summed E-state index contributed by atoms with van der Waals surface area (Å²) in [4.78, 5) is 4.80. The summed E-state index contributed by atoms with van der Waals surface area (Å²) >= 11 is 0. The molecule has 0 aliphatic carbocycles. The summed E-state index contributed by atoms with van der Waals surface area (Å²) < 4.78 is 5.40. The lowest BCUT2D eigenvalue weighted by Gasteiger charge is -2.32. The summed E-state index contributed by atoms with van der Waals surface area (Å²) in [7, 11) is 0. The van der Waals surface area contributed by atoms with Crippen LogP contribution in [-0.4, -0.2) is 66.9 Å². The number of aliphatic hydroxyl groups excluding tert-OH is 1. The van der Waals surface area contributed by atoms with Gasteiger partial charge < -0.3 is 9.84 Å². The van der Waals surface area contributed by atoms with Crippen molar-refractivity contribution in [3.05, 3.63) is 48.0 Å². The first-order valence-corrected chi connectivity index (χ1v) is 9.51. The van der Waals surface area contributed by atoms with Gasteiger partial charge in [0.05, 0.1) is 19.3 Å². The molecule has 0 saturated carbocycles. The summed E-state index contributed by atoms with van der Waals surface area (Å²) in [5, 5.41) is 13.3. The molecule has 0 bridgehead atoms. The van der Waals surface area contributed by atoms with Crippen LogP contribution >= 0.6 is 0 Å². The molecule has 4 nitrogen and oxygen atoms in total. The van der Waals surface area contributed by atoms with E-state index in [2.05, 4.69) is 52.3 Å². The Hall–Kier alpha value is -1.46. The Balaban J connectivity index is 1.46. The highest BCUT2D eigenvalue weighted by Gasteiger charge is 2.29. The SMILES string of the molecule is OC(CN1CCOCC1)CN1CCCC1c1cccc2ccccc12. The molecule has 25 heavy (non-hydrogen) atoms. The molecule has 0 aromatic heterocycles. The molecule has 0 amide bonds. The van der Waals surface area contributed by atoms with E-state index in [0.29, 0.717) is 6.04 Å². The van der Waals surface area contributed by atoms with Gasteiger partial charge in [-0.2, -0.15) is 0 Å². The van der Waals surface area contributed by atoms with Crippen LogP contribution in [0.4, 0.5) is 0 Å². The van der Waals surface area contributed by atoms with Crippen molar-refractivity contribution < 1.29 is 9.84 Å². The van der Waals surface area contributed by atoms with Crippen molar-refractivity contribution in [1.82, 2.24) is 9.80 Å². The Kier molecular flexibility index (Phi) is 5.32. The van der Waals surface area contributed by atoms with E-state index in [1.54, 1.807) is 0 Å². The Labute approximate surface area is 150 Å². The van der Waals surface area contributed by atoms with Crippen molar-refractivity contribution in [1.29, 1.82) is 0 Å². The van der Waals surface area contributed by atoms with Crippen LogP contribution < -0.4 is 0 Å². The number of rotatable bonds is 5. The fourth-order valence-electron chi connectivity index (χ4n) is 4.35. The van der Waals surface area contributed by atoms with Crippen molar-refractivity contribution in [3.8, 4) is 0 Å². The lowest BCUT2D eigenvalue weighted by atomic mass is 9.97. The summed E-state index contributed by atoms with van der Waals surface area (Å²) in [6.45, 7) is 6.03. The molecule has 2 aromatic rings. The molecule has 4 rings (SSSR count). The molecule has 2 heterocycles. The van der Waals surface area contributed by atoms with E-state index in [-0.39, 0.29) is 6.10 Å². The third kappa shape index (κ3) is 3.87. The van der Waals surface area contributed by atoms with Crippen molar-refractivity contribution in [2.45, 2.75) is 25.0 Å². The van der Waals surface area contributed by atoms with Gasteiger partial charge in [0.25, 0.3) is 0 Å². The number of hydrogen-bond donors (Lipinski definition) is 1. The molecule has 0 radical (unpaired) electrons. The fourth-order valence-corrected chi connectivity index (χ4v) is 4.35. The molecule has 2 saturated heterocycles. The standard InChI is InChI=1S/C21H28N2O2/c24-18(15-22-11-13-25-14-12-22)16-23-10-4-9-21(23)20-8-3-6-17-5-1-2-7-19(17)20/h1-3,5-8,18,21,24H,4,9-16H2. The highest BCUT2D eigenvalue weighted by atomic mass is 16.5. The molecule has 134 valence electrons. The Morgan fingerprint density at radius 2 is 1.80 bits per heavy atom. The van der Waals surface area contributed by atoms with Gasteiger partial charge in [-0.15, -0.1) is 0 Å². The van der Waals surface area contributed by atoms with E-state index in [9.17, 15) is 5.11 Å². The second-order valence-electron chi connectivity index (χ2n) is 7.29. The first-order chi connectivity index (χ1) is 12.3. The Morgan fingerprint density at radius 3 is 2.68 bits per heavy atom. The maximum absolute atomic E-state index is 10.6. The van der Waals surface area contributed by atoms with E-state index >= 15 is 0 Å². The number of likely N-dealkylation sites (tertiary alicyclic amines) is 1. The highest BCUT2D eigenvalue weighted by molar-refractivity contribution is 5.86. The predicted molar refractivity (Wildman–Crippen MR) is 101 cm³/mol. The van der Waals surface area contributed by atoms with Gasteiger partial charge in [-0.1, -0.05) is 42.5 Å². The molecule has 1 N–H and O–H groups in total. The van der Waals surface area contributed by atoms with E-state index in [4.69, 9.17) is 4.74 Å². The predicted octanol–water partition coefficient (Wildman–Crippen LogP) is 2.67. The minimum Gasteiger partial charge on any atom is -0.390 e. The highest BCUT2D eigenvalue weighted by Crippen LogP contribution is 2.35. The van der Waals surface area contributed by atoms with Gasteiger partial charge in [-0.3, -0.25) is 9.80 Å². The molecule has 2 aliphatic rings. The van der Waals surface area contributed by atoms with E-state index in [0.717, 1.165) is 45.9 Å². The van der Waals surface area contributed by atoms with Crippen LogP contribution in [0.2, 0.25) is 0 Å². The van der Waals surface area contributed by atoms with Gasteiger partial charge >= 0.3 is 0 Å². The summed E-state index contributed by atoms with van der Waals surface area (Å²) in [5.74, 6) is 0. The molecular formula is C21H28N2O2. The zero-order chi connectivity index (χ0) is 17.1. The maximum Gasteiger partial charge on any atom is 0.0794 e. The van der Waals surface area contributed by atoms with Gasteiger partial charge in [0.15, 0.2) is 0 Å². The fraction of sp³-hybridized carbons (Fsp3) is 0.524. The summed E-state index contributed by atoms with van der Waals surface area (Å²) in [6, 6.07) is 15.7. The van der Waals surface area contributed by atoms with Crippen LogP contribution in [0.3, 0.4) is 0 Å². The van der Waals surface area contributed by atoms with Crippen LogP contribution in [0.25, 0.3) is 10.8 Å². The van der Waals surface area contributed by atoms with Crippen LogP contribution in [0.1, 0.15) is 24.4 Å². The minimum atomic E-state index is -0.298. The first kappa shape index (κ1) is 17.0. The van der Waals surface area contributed by atoms with E-state index < -0.39 is 0 Å². The number of aliphatic hydroxyl groups is 1. The largest absolute Gasteiger partial charge is 0.390 e. The smallest absolute Gasteiger partial charge is 0.0794 e. The molecular weight excluding hydrogens is 312 g/mol. The number of ether oxygens (including phenoxy) is 1. The van der Waals surface area contributed by atoms with Crippen molar-refractivity contribution in [2.24, 2.45) is 0 Å². The van der Waals surface area contributed by atoms with Crippen LogP contribution in [0, 0.1) is 0 Å². The van der Waals surface area contributed by atoms with E-state index in [1.807, 2.05) is 0 Å². The molecule has 2 unspecified atom stereocenters. The second kappa shape index (κ2) is 7.83. The Morgan fingerprint density at radius 1 is 1.00 bits per heavy atom. The monoisotopic (exact) mass is 340 g/mol. The molecule has 0 spiro atoms.